The summed E-state index contributed by atoms with van der Waals surface area (Å²) in [6.45, 7) is 0.0509. The summed E-state index contributed by atoms with van der Waals surface area (Å²) in [5.74, 6) is -11.7. The van der Waals surface area contributed by atoms with Crippen LogP contribution in [0.1, 0.15) is 39.4 Å². The summed E-state index contributed by atoms with van der Waals surface area (Å²) in [6, 6.07) is 17.3. The number of thiocarbonyl (C=S) groups is 1. The fourth-order valence-corrected chi connectivity index (χ4v) is 8.80. The highest BCUT2D eigenvalue weighted by atomic mass is 32.1. The van der Waals surface area contributed by atoms with Crippen LogP contribution >= 0.6 is 12.2 Å². The number of alkyl carbamates (subject to hydrolysis) is 1. The van der Waals surface area contributed by atoms with Gasteiger partial charge in [-0.25, -0.2) is 4.79 Å². The molecule has 4 aliphatic carbocycles. The van der Waals surface area contributed by atoms with Crippen LogP contribution in [0, 0.1) is 23.7 Å². The largest absolute Gasteiger partial charge is 0.507 e. The fraction of sp³-hybridized carbons (Fsp3) is 0.324. The Labute approximate surface area is 297 Å². The molecule has 2 fully saturated rings. The number of phenols is 1. The van der Waals surface area contributed by atoms with E-state index in [-0.39, 0.29) is 41.7 Å². The molecular weight excluding hydrogens is 676 g/mol. The van der Waals surface area contributed by atoms with Crippen LogP contribution in [0.2, 0.25) is 0 Å². The third-order valence-corrected chi connectivity index (χ3v) is 11.0. The molecule has 2 saturated carbocycles. The third kappa shape index (κ3) is 5.24. The second kappa shape index (κ2) is 12.5. The number of phenolic OH excluding ortho intramolecular Hbond substituents is 1. The second-order valence-corrected chi connectivity index (χ2v) is 14.1. The average molecular weight is 711 g/mol. The Balaban J connectivity index is 1.10. The fourth-order valence-electron chi connectivity index (χ4n) is 8.60. The summed E-state index contributed by atoms with van der Waals surface area (Å²) in [5, 5.41) is 27.8. The molecule has 262 valence electrons. The molecule has 51 heavy (non-hydrogen) atoms. The van der Waals surface area contributed by atoms with Crippen LogP contribution in [-0.4, -0.2) is 87.7 Å². The third-order valence-electron chi connectivity index (χ3n) is 10.8. The Kier molecular flexibility index (Phi) is 8.35. The van der Waals surface area contributed by atoms with Gasteiger partial charge < -0.3 is 26.0 Å². The van der Waals surface area contributed by atoms with Crippen molar-refractivity contribution >= 4 is 58.2 Å². The first-order valence-electron chi connectivity index (χ1n) is 16.4. The van der Waals surface area contributed by atoms with Crippen molar-refractivity contribution in [2.75, 3.05) is 26.0 Å². The monoisotopic (exact) mass is 710 g/mol. The van der Waals surface area contributed by atoms with E-state index in [0.29, 0.717) is 5.56 Å². The number of fused-ring (bicyclic) bond motifs is 6. The van der Waals surface area contributed by atoms with Gasteiger partial charge in [0, 0.05) is 17.5 Å². The maximum absolute atomic E-state index is 14.0. The van der Waals surface area contributed by atoms with E-state index in [1.807, 2.05) is 48.5 Å². The first-order valence-corrected chi connectivity index (χ1v) is 16.8. The minimum Gasteiger partial charge on any atom is -0.507 e. The Hall–Kier alpha value is -5.31. The van der Waals surface area contributed by atoms with Crippen molar-refractivity contribution in [3.63, 3.8) is 0 Å². The summed E-state index contributed by atoms with van der Waals surface area (Å²) in [6.07, 6.45) is -0.914. The van der Waals surface area contributed by atoms with Gasteiger partial charge in [-0.2, -0.15) is 0 Å². The number of hydrogen-bond donors (Lipinski definition) is 5. The van der Waals surface area contributed by atoms with Gasteiger partial charge in [-0.15, -0.1) is 0 Å². The topological polar surface area (TPSA) is 205 Å². The molecule has 0 aromatic heterocycles. The Morgan fingerprint density at radius 1 is 0.980 bits per heavy atom. The summed E-state index contributed by atoms with van der Waals surface area (Å²) < 4.78 is 5.59. The number of primary amides is 1. The Morgan fingerprint density at radius 2 is 1.61 bits per heavy atom. The maximum Gasteiger partial charge on any atom is 0.413 e. The molecule has 3 aromatic carbocycles. The highest BCUT2D eigenvalue weighted by Gasteiger charge is 2.69. The molecule has 13 nitrogen and oxygen atoms in total. The number of carbonyl (C=O) groups is 6. The molecule has 4 aliphatic rings. The molecule has 2 amide bonds. The number of amides is 2. The van der Waals surface area contributed by atoms with E-state index in [9.17, 15) is 39.0 Å². The minimum absolute atomic E-state index is 0.0100. The van der Waals surface area contributed by atoms with Crippen molar-refractivity contribution in [2.45, 2.75) is 30.4 Å². The molecule has 0 spiro atoms. The van der Waals surface area contributed by atoms with Crippen molar-refractivity contribution in [1.82, 2.24) is 10.2 Å². The van der Waals surface area contributed by atoms with E-state index < -0.39 is 76.2 Å². The second-order valence-electron chi connectivity index (χ2n) is 13.7. The summed E-state index contributed by atoms with van der Waals surface area (Å²) in [4.78, 5) is 81.3. The highest BCUT2D eigenvalue weighted by Crippen LogP contribution is 2.51. The number of ketones is 4. The van der Waals surface area contributed by atoms with Crippen LogP contribution in [0.3, 0.4) is 0 Å². The first kappa shape index (κ1) is 34.2. The number of Topliss-reactive ketones (excluding diaryl/α,β-unsaturated/α-hetero) is 4. The molecule has 0 radical (unpaired) electrons. The predicted molar refractivity (Wildman–Crippen MR) is 186 cm³/mol. The molecule has 0 saturated heterocycles. The molecule has 0 heterocycles. The van der Waals surface area contributed by atoms with Crippen LogP contribution in [0.5, 0.6) is 5.75 Å². The van der Waals surface area contributed by atoms with Crippen molar-refractivity contribution in [1.29, 1.82) is 0 Å². The van der Waals surface area contributed by atoms with Gasteiger partial charge in [-0.1, -0.05) is 48.5 Å². The van der Waals surface area contributed by atoms with E-state index in [1.54, 1.807) is 0 Å². The molecule has 6 N–H and O–H groups in total. The summed E-state index contributed by atoms with van der Waals surface area (Å²) >= 11 is 5.41. The van der Waals surface area contributed by atoms with Gasteiger partial charge in [0.15, 0.2) is 39.8 Å². The zero-order valence-corrected chi connectivity index (χ0v) is 28.4. The SMILES string of the molecule is CN(C)[C@@H]1C(=O)C(C(N)=O)C(=O)[C@@]2(O)C(=O)C3C(=O)c4c(O)ccc(NC(=S)NC(=O)OCC5c6ccccc6-c6ccccc65)c4CC3CC12. The van der Waals surface area contributed by atoms with Crippen molar-refractivity contribution < 1.29 is 43.7 Å². The standard InChI is InChI=1S/C37H34N4O9S/c1-41(2)29-23-14-16-13-21-24(11-12-25(42)27(21)30(43)26(16)32(45)37(23,49)33(46)28(31(29)44)34(38)47)39-35(51)40-36(48)50-15-22-19-9-5-3-7-17(19)18-8-4-6-10-20(18)22/h3-12,16,22-23,26,28-29,42,49H,13-15H2,1-2H3,(H2,38,47)(H2,39,40,48,51)/t16?,23?,26?,28?,29-,37-/m0/s1. The van der Waals surface area contributed by atoms with Gasteiger partial charge >= 0.3 is 6.09 Å². The lowest BCUT2D eigenvalue weighted by molar-refractivity contribution is -0.181. The van der Waals surface area contributed by atoms with E-state index in [4.69, 9.17) is 22.7 Å². The van der Waals surface area contributed by atoms with Crippen LogP contribution in [-0.2, 0) is 30.3 Å². The lowest BCUT2D eigenvalue weighted by atomic mass is 9.52. The predicted octanol–water partition coefficient (Wildman–Crippen LogP) is 2.10. The van der Waals surface area contributed by atoms with E-state index in [2.05, 4.69) is 10.6 Å². The smallest absolute Gasteiger partial charge is 0.413 e. The van der Waals surface area contributed by atoms with E-state index in [0.717, 1.165) is 22.3 Å². The number of anilines is 1. The Morgan fingerprint density at radius 3 is 2.22 bits per heavy atom. The number of aromatic hydroxyl groups is 1. The van der Waals surface area contributed by atoms with Gasteiger partial charge in [0.05, 0.1) is 17.5 Å². The number of nitrogens with two attached hydrogens (primary N) is 1. The van der Waals surface area contributed by atoms with Crippen LogP contribution in [0.25, 0.3) is 11.1 Å². The molecule has 4 unspecified atom stereocenters. The molecule has 14 heteroatoms. The lowest BCUT2D eigenvalue weighted by Gasteiger charge is -2.52. The van der Waals surface area contributed by atoms with Crippen LogP contribution in [0.15, 0.2) is 60.7 Å². The van der Waals surface area contributed by atoms with Gasteiger partial charge in [-0.05, 0) is 85.0 Å². The number of rotatable bonds is 5. The van der Waals surface area contributed by atoms with Crippen molar-refractivity contribution in [2.24, 2.45) is 29.4 Å². The number of aliphatic hydroxyl groups is 1. The summed E-state index contributed by atoms with van der Waals surface area (Å²) in [5.41, 5.74) is 7.12. The molecule has 3 aromatic rings. The summed E-state index contributed by atoms with van der Waals surface area (Å²) in [7, 11) is 3.03. The lowest BCUT2D eigenvalue weighted by Crippen LogP contribution is -2.74. The number of nitrogens with one attached hydrogen (secondary N) is 2. The number of ether oxygens (including phenoxy) is 1. The highest BCUT2D eigenvalue weighted by molar-refractivity contribution is 7.80. The van der Waals surface area contributed by atoms with Crippen LogP contribution in [0.4, 0.5) is 10.5 Å². The van der Waals surface area contributed by atoms with Gasteiger partial charge in [-0.3, -0.25) is 34.2 Å². The number of hydrogen-bond acceptors (Lipinski definition) is 11. The van der Waals surface area contributed by atoms with Gasteiger partial charge in [0.25, 0.3) is 0 Å². The first-order chi connectivity index (χ1) is 24.2. The number of likely N-dealkylation sites (N-methyl/N-ethyl adjacent to an activating group) is 1. The average Bonchev–Trinajstić information content (AvgIpc) is 3.40. The van der Waals surface area contributed by atoms with E-state index >= 15 is 0 Å². The number of benzene rings is 3. The molecule has 0 bridgehead atoms. The zero-order valence-electron chi connectivity index (χ0n) is 27.5. The molecule has 0 aliphatic heterocycles. The maximum atomic E-state index is 14.0. The molecular formula is C37H34N4O9S. The quantitative estimate of drug-likeness (QED) is 0.147. The minimum atomic E-state index is -2.82. The zero-order chi connectivity index (χ0) is 36.5. The normalized spacial score (nSPS) is 26.4. The van der Waals surface area contributed by atoms with Crippen molar-refractivity contribution in [3.05, 3.63) is 82.9 Å². The van der Waals surface area contributed by atoms with E-state index in [1.165, 1.54) is 31.1 Å². The van der Waals surface area contributed by atoms with Gasteiger partial charge in [0.2, 0.25) is 5.91 Å². The number of carbonyl (C=O) groups excluding carboxylic acids is 6. The molecule has 7 rings (SSSR count). The molecule has 6 atom stereocenters. The van der Waals surface area contributed by atoms with Crippen LogP contribution < -0.4 is 16.4 Å². The van der Waals surface area contributed by atoms with Gasteiger partial charge in [0.1, 0.15) is 12.4 Å². The number of nitrogens with zero attached hydrogens (tertiary/aromatic N) is 1. The Bertz CT molecular complexity index is 2040. The van der Waals surface area contributed by atoms with Crippen molar-refractivity contribution in [3.8, 4) is 16.9 Å².